The molecule has 0 saturated carbocycles. The van der Waals surface area contributed by atoms with E-state index in [0.29, 0.717) is 0 Å². The second-order valence-corrected chi connectivity index (χ2v) is 3.04. The summed E-state index contributed by atoms with van der Waals surface area (Å²) >= 11 is 0. The first kappa shape index (κ1) is 7.98. The molecule has 2 aromatic rings. The van der Waals surface area contributed by atoms with Crippen molar-refractivity contribution >= 4 is 11.8 Å². The number of fused-ring (bicyclic) bond motifs is 1. The highest BCUT2D eigenvalue weighted by molar-refractivity contribution is 5.67. The standard InChI is InChI=1S/C10H10N2O/c1-8(7-13)10-9-3-2-5-12(9)6-4-11-10/h2-8H,1H3. The van der Waals surface area contributed by atoms with Gasteiger partial charge in [0.1, 0.15) is 6.29 Å². The lowest BCUT2D eigenvalue weighted by atomic mass is 10.1. The fourth-order valence-corrected chi connectivity index (χ4v) is 1.41. The average Bonchev–Trinajstić information content (AvgIpc) is 2.63. The Morgan fingerprint density at radius 2 is 2.38 bits per heavy atom. The largest absolute Gasteiger partial charge is 0.321 e. The number of nitrogens with zero attached hydrogens (tertiary/aromatic N) is 2. The first-order valence-electron chi connectivity index (χ1n) is 4.20. The van der Waals surface area contributed by atoms with Gasteiger partial charge in [0.2, 0.25) is 0 Å². The van der Waals surface area contributed by atoms with Crippen LogP contribution in [0.2, 0.25) is 0 Å². The van der Waals surface area contributed by atoms with E-state index in [1.165, 1.54) is 0 Å². The molecule has 13 heavy (non-hydrogen) atoms. The molecule has 0 aliphatic rings. The number of hydrogen-bond acceptors (Lipinski definition) is 2. The first-order valence-corrected chi connectivity index (χ1v) is 4.20. The van der Waals surface area contributed by atoms with Crippen molar-refractivity contribution in [3.05, 3.63) is 36.4 Å². The summed E-state index contributed by atoms with van der Waals surface area (Å²) in [6, 6.07) is 3.90. The number of carbonyl (C=O) groups excluding carboxylic acids is 1. The van der Waals surface area contributed by atoms with Gasteiger partial charge in [0, 0.05) is 18.6 Å². The molecule has 0 aliphatic heterocycles. The van der Waals surface area contributed by atoms with E-state index in [9.17, 15) is 4.79 Å². The Bertz CT molecular complexity index is 433. The lowest BCUT2D eigenvalue weighted by Gasteiger charge is -2.04. The molecule has 1 atom stereocenters. The van der Waals surface area contributed by atoms with Gasteiger partial charge in [-0.2, -0.15) is 0 Å². The lowest BCUT2D eigenvalue weighted by Crippen LogP contribution is -2.00. The van der Waals surface area contributed by atoms with Crippen LogP contribution < -0.4 is 0 Å². The molecule has 0 aliphatic carbocycles. The summed E-state index contributed by atoms with van der Waals surface area (Å²) in [6.07, 6.45) is 6.44. The van der Waals surface area contributed by atoms with Crippen LogP contribution in [0, 0.1) is 0 Å². The number of aldehydes is 1. The van der Waals surface area contributed by atoms with Gasteiger partial charge in [-0.3, -0.25) is 4.98 Å². The number of hydrogen-bond donors (Lipinski definition) is 0. The molecule has 2 aromatic heterocycles. The third-order valence-electron chi connectivity index (χ3n) is 2.12. The Hall–Kier alpha value is -1.64. The predicted molar refractivity (Wildman–Crippen MR) is 49.7 cm³/mol. The summed E-state index contributed by atoms with van der Waals surface area (Å²) < 4.78 is 1.96. The predicted octanol–water partition coefficient (Wildman–Crippen LogP) is 1.64. The smallest absolute Gasteiger partial charge is 0.128 e. The number of rotatable bonds is 2. The van der Waals surface area contributed by atoms with Gasteiger partial charge < -0.3 is 9.20 Å². The van der Waals surface area contributed by atoms with Crippen molar-refractivity contribution < 1.29 is 4.79 Å². The van der Waals surface area contributed by atoms with Gasteiger partial charge in [0.25, 0.3) is 0 Å². The average molecular weight is 174 g/mol. The molecule has 0 saturated heterocycles. The minimum atomic E-state index is -0.140. The van der Waals surface area contributed by atoms with Crippen LogP contribution >= 0.6 is 0 Å². The van der Waals surface area contributed by atoms with Gasteiger partial charge in [0.05, 0.1) is 17.1 Å². The third kappa shape index (κ3) is 1.22. The van der Waals surface area contributed by atoms with Crippen LogP contribution in [0.15, 0.2) is 30.7 Å². The zero-order valence-corrected chi connectivity index (χ0v) is 7.34. The molecule has 3 heteroatoms. The van der Waals surface area contributed by atoms with Crippen molar-refractivity contribution in [3.8, 4) is 0 Å². The van der Waals surface area contributed by atoms with Gasteiger partial charge in [-0.1, -0.05) is 6.92 Å². The van der Waals surface area contributed by atoms with Crippen LogP contribution in [0.25, 0.3) is 5.52 Å². The molecule has 0 spiro atoms. The molecule has 0 N–H and O–H groups in total. The second kappa shape index (κ2) is 3.01. The Balaban J connectivity index is 2.67. The fraction of sp³-hybridized carbons (Fsp3) is 0.200. The van der Waals surface area contributed by atoms with Crippen molar-refractivity contribution in [1.82, 2.24) is 9.38 Å². The molecule has 0 bridgehead atoms. The quantitative estimate of drug-likeness (QED) is 0.648. The van der Waals surface area contributed by atoms with E-state index >= 15 is 0 Å². The second-order valence-electron chi connectivity index (χ2n) is 3.04. The zero-order valence-electron chi connectivity index (χ0n) is 7.34. The summed E-state index contributed by atoms with van der Waals surface area (Å²) in [5.41, 5.74) is 1.84. The maximum Gasteiger partial charge on any atom is 0.128 e. The summed E-state index contributed by atoms with van der Waals surface area (Å²) in [7, 11) is 0. The molecular formula is C10H10N2O. The van der Waals surface area contributed by atoms with Crippen LogP contribution in [0.5, 0.6) is 0 Å². The Morgan fingerprint density at radius 3 is 3.15 bits per heavy atom. The topological polar surface area (TPSA) is 34.4 Å². The normalized spacial score (nSPS) is 13.0. The number of aromatic nitrogens is 2. The molecule has 0 fully saturated rings. The van der Waals surface area contributed by atoms with Crippen molar-refractivity contribution in [2.75, 3.05) is 0 Å². The van der Waals surface area contributed by atoms with Gasteiger partial charge in [-0.05, 0) is 12.1 Å². The Kier molecular flexibility index (Phi) is 1.85. The summed E-state index contributed by atoms with van der Waals surface area (Å²) in [5.74, 6) is -0.140. The summed E-state index contributed by atoms with van der Waals surface area (Å²) in [6.45, 7) is 1.85. The summed E-state index contributed by atoms with van der Waals surface area (Å²) in [5, 5.41) is 0. The molecule has 3 nitrogen and oxygen atoms in total. The van der Waals surface area contributed by atoms with E-state index in [1.54, 1.807) is 6.20 Å². The van der Waals surface area contributed by atoms with Gasteiger partial charge in [-0.15, -0.1) is 0 Å². The summed E-state index contributed by atoms with van der Waals surface area (Å²) in [4.78, 5) is 14.8. The molecule has 66 valence electrons. The van der Waals surface area contributed by atoms with E-state index < -0.39 is 0 Å². The van der Waals surface area contributed by atoms with Crippen molar-refractivity contribution in [2.24, 2.45) is 0 Å². The van der Waals surface area contributed by atoms with E-state index in [2.05, 4.69) is 4.98 Å². The molecule has 0 aromatic carbocycles. The molecule has 0 amide bonds. The van der Waals surface area contributed by atoms with Crippen molar-refractivity contribution in [2.45, 2.75) is 12.8 Å². The van der Waals surface area contributed by atoms with Crippen LogP contribution in [-0.2, 0) is 4.79 Å². The Morgan fingerprint density at radius 1 is 1.54 bits per heavy atom. The van der Waals surface area contributed by atoms with Gasteiger partial charge in [-0.25, -0.2) is 0 Å². The maximum atomic E-state index is 10.6. The molecular weight excluding hydrogens is 164 g/mol. The third-order valence-corrected chi connectivity index (χ3v) is 2.12. The molecule has 1 unspecified atom stereocenters. The van der Waals surface area contributed by atoms with Crippen LogP contribution in [0.4, 0.5) is 0 Å². The minimum absolute atomic E-state index is 0.140. The highest BCUT2D eigenvalue weighted by Crippen LogP contribution is 2.16. The van der Waals surface area contributed by atoms with Gasteiger partial charge >= 0.3 is 0 Å². The number of carbonyl (C=O) groups is 1. The van der Waals surface area contributed by atoms with Crippen molar-refractivity contribution in [3.63, 3.8) is 0 Å². The molecule has 2 heterocycles. The highest BCUT2D eigenvalue weighted by atomic mass is 16.1. The minimum Gasteiger partial charge on any atom is -0.321 e. The SMILES string of the molecule is CC(C=O)c1nccn2cccc12. The highest BCUT2D eigenvalue weighted by Gasteiger charge is 2.09. The van der Waals surface area contributed by atoms with E-state index in [4.69, 9.17) is 0 Å². The molecule has 0 radical (unpaired) electrons. The first-order chi connectivity index (χ1) is 6.33. The van der Waals surface area contributed by atoms with Crippen LogP contribution in [0.3, 0.4) is 0 Å². The zero-order chi connectivity index (χ0) is 9.26. The maximum absolute atomic E-state index is 10.6. The van der Waals surface area contributed by atoms with E-state index in [1.807, 2.05) is 35.9 Å². The van der Waals surface area contributed by atoms with Crippen LogP contribution in [0.1, 0.15) is 18.5 Å². The van der Waals surface area contributed by atoms with Crippen LogP contribution in [-0.4, -0.2) is 15.7 Å². The van der Waals surface area contributed by atoms with Crippen molar-refractivity contribution in [1.29, 1.82) is 0 Å². The van der Waals surface area contributed by atoms with Gasteiger partial charge in [0.15, 0.2) is 0 Å². The fourth-order valence-electron chi connectivity index (χ4n) is 1.41. The van der Waals surface area contributed by atoms with E-state index in [0.717, 1.165) is 17.5 Å². The Labute approximate surface area is 76.0 Å². The van der Waals surface area contributed by atoms with E-state index in [-0.39, 0.29) is 5.92 Å². The monoisotopic (exact) mass is 174 g/mol. The lowest BCUT2D eigenvalue weighted by molar-refractivity contribution is -0.108. The molecule has 2 rings (SSSR count).